The molecule has 112 valence electrons. The molecule has 1 atom stereocenters. The predicted molar refractivity (Wildman–Crippen MR) is 85.9 cm³/mol. The van der Waals surface area contributed by atoms with Crippen LogP contribution in [0.15, 0.2) is 12.3 Å². The molecular formula is C14H22IN3O2. The Hall–Kier alpha value is -0.630. The number of carbonyl (C=O) groups excluding carboxylic acids is 1. The van der Waals surface area contributed by atoms with E-state index in [2.05, 4.69) is 50.0 Å². The van der Waals surface area contributed by atoms with Crippen molar-refractivity contribution in [2.24, 2.45) is 0 Å². The number of methoxy groups -OCH3 is 1. The summed E-state index contributed by atoms with van der Waals surface area (Å²) in [5.41, 5.74) is 1.03. The number of esters is 1. The third-order valence-electron chi connectivity index (χ3n) is 3.70. The Morgan fingerprint density at radius 2 is 2.30 bits per heavy atom. The quantitative estimate of drug-likeness (QED) is 0.460. The number of nitrogens with zero attached hydrogens (tertiary/aromatic N) is 2. The summed E-state index contributed by atoms with van der Waals surface area (Å²) in [7, 11) is 1.42. The van der Waals surface area contributed by atoms with E-state index < -0.39 is 0 Å². The van der Waals surface area contributed by atoms with Crippen molar-refractivity contribution in [2.75, 3.05) is 13.7 Å². The van der Waals surface area contributed by atoms with Gasteiger partial charge < -0.3 is 10.1 Å². The van der Waals surface area contributed by atoms with Gasteiger partial charge in [-0.05, 0) is 18.9 Å². The van der Waals surface area contributed by atoms with Crippen LogP contribution in [-0.4, -0.2) is 33.3 Å². The molecule has 0 aromatic carbocycles. The lowest BCUT2D eigenvalue weighted by Crippen LogP contribution is -2.29. The molecule has 1 fully saturated rings. The molecular weight excluding hydrogens is 369 g/mol. The van der Waals surface area contributed by atoms with Crippen LogP contribution in [0.4, 0.5) is 0 Å². The summed E-state index contributed by atoms with van der Waals surface area (Å²) in [5.74, 6) is -0.189. The van der Waals surface area contributed by atoms with Gasteiger partial charge in [-0.1, -0.05) is 41.9 Å². The Kier molecular flexibility index (Phi) is 6.28. The zero-order chi connectivity index (χ0) is 14.4. The monoisotopic (exact) mass is 391 g/mol. The first kappa shape index (κ1) is 15.8. The van der Waals surface area contributed by atoms with Crippen LogP contribution in [0.25, 0.3) is 0 Å². The summed E-state index contributed by atoms with van der Waals surface area (Å²) in [4.78, 5) is 11.3. The van der Waals surface area contributed by atoms with Crippen molar-refractivity contribution >= 4 is 28.6 Å². The summed E-state index contributed by atoms with van der Waals surface area (Å²) < 4.78 is 6.65. The van der Waals surface area contributed by atoms with Crippen molar-refractivity contribution in [3.8, 4) is 0 Å². The number of halogens is 1. The lowest BCUT2D eigenvalue weighted by Gasteiger charge is -2.21. The first-order chi connectivity index (χ1) is 9.70. The van der Waals surface area contributed by atoms with Crippen LogP contribution < -0.4 is 5.32 Å². The summed E-state index contributed by atoms with van der Waals surface area (Å²) in [5, 5.41) is 7.88. The molecule has 0 aliphatic heterocycles. The minimum atomic E-state index is -0.189. The van der Waals surface area contributed by atoms with Gasteiger partial charge in [0.25, 0.3) is 0 Å². The maximum atomic E-state index is 11.3. The van der Waals surface area contributed by atoms with Crippen LogP contribution in [0, 0.1) is 0 Å². The fourth-order valence-corrected chi connectivity index (χ4v) is 3.12. The maximum absolute atomic E-state index is 11.3. The highest BCUT2D eigenvalue weighted by Crippen LogP contribution is 2.27. The molecule has 1 aromatic heterocycles. The van der Waals surface area contributed by atoms with E-state index in [9.17, 15) is 4.79 Å². The smallest absolute Gasteiger partial charge is 0.319 e. The standard InChI is InChI=1S/C14H22IN3O2/c1-20-14(19)13(15)10-16-9-11-7-8-18(17-11)12-5-3-2-4-6-12/h7-8,12-13,16H,2-6,9-10H2,1H3. The number of hydrogen-bond acceptors (Lipinski definition) is 4. The lowest BCUT2D eigenvalue weighted by atomic mass is 9.96. The molecule has 0 bridgehead atoms. The number of ether oxygens (including phenoxy) is 1. The van der Waals surface area contributed by atoms with E-state index in [1.807, 2.05) is 0 Å². The summed E-state index contributed by atoms with van der Waals surface area (Å²) in [6.07, 6.45) is 8.55. The maximum Gasteiger partial charge on any atom is 0.319 e. The third kappa shape index (κ3) is 4.44. The van der Waals surface area contributed by atoms with Gasteiger partial charge in [-0.15, -0.1) is 0 Å². The van der Waals surface area contributed by atoms with Gasteiger partial charge in [-0.3, -0.25) is 9.48 Å². The molecule has 1 aliphatic rings. The van der Waals surface area contributed by atoms with Crippen LogP contribution in [0.1, 0.15) is 43.8 Å². The van der Waals surface area contributed by atoms with Crippen molar-refractivity contribution in [1.29, 1.82) is 0 Å². The fraction of sp³-hybridized carbons (Fsp3) is 0.714. The highest BCUT2D eigenvalue weighted by Gasteiger charge is 2.17. The molecule has 0 radical (unpaired) electrons. The van der Waals surface area contributed by atoms with Gasteiger partial charge in [0.2, 0.25) is 0 Å². The van der Waals surface area contributed by atoms with Crippen molar-refractivity contribution in [3.63, 3.8) is 0 Å². The second kappa shape index (κ2) is 7.97. The van der Waals surface area contributed by atoms with E-state index in [-0.39, 0.29) is 9.89 Å². The highest BCUT2D eigenvalue weighted by molar-refractivity contribution is 14.1. The van der Waals surface area contributed by atoms with Crippen LogP contribution in [0.5, 0.6) is 0 Å². The molecule has 1 aromatic rings. The molecule has 1 aliphatic carbocycles. The van der Waals surface area contributed by atoms with Gasteiger partial charge in [-0.2, -0.15) is 5.10 Å². The Labute approximate surface area is 133 Å². The summed E-state index contributed by atoms with van der Waals surface area (Å²) in [6.45, 7) is 1.29. The highest BCUT2D eigenvalue weighted by atomic mass is 127. The fourth-order valence-electron chi connectivity index (χ4n) is 2.56. The van der Waals surface area contributed by atoms with Gasteiger partial charge in [0.1, 0.15) is 3.92 Å². The van der Waals surface area contributed by atoms with Crippen molar-refractivity contribution in [1.82, 2.24) is 15.1 Å². The number of aromatic nitrogens is 2. The molecule has 5 nitrogen and oxygen atoms in total. The predicted octanol–water partition coefficient (Wildman–Crippen LogP) is 2.45. The molecule has 0 amide bonds. The molecule has 2 rings (SSSR count). The second-order valence-electron chi connectivity index (χ2n) is 5.20. The first-order valence-electron chi connectivity index (χ1n) is 7.17. The van der Waals surface area contributed by atoms with E-state index >= 15 is 0 Å². The number of hydrogen-bond donors (Lipinski definition) is 1. The van der Waals surface area contributed by atoms with E-state index in [0.29, 0.717) is 19.1 Å². The zero-order valence-electron chi connectivity index (χ0n) is 11.8. The second-order valence-corrected chi connectivity index (χ2v) is 6.70. The Morgan fingerprint density at radius 1 is 1.55 bits per heavy atom. The van der Waals surface area contributed by atoms with Gasteiger partial charge in [0.15, 0.2) is 0 Å². The number of rotatable bonds is 6. The topological polar surface area (TPSA) is 56.1 Å². The van der Waals surface area contributed by atoms with Gasteiger partial charge in [0.05, 0.1) is 18.8 Å². The zero-order valence-corrected chi connectivity index (χ0v) is 14.0. The average Bonchev–Trinajstić information content (AvgIpc) is 2.96. The molecule has 1 saturated carbocycles. The molecule has 1 N–H and O–H groups in total. The van der Waals surface area contributed by atoms with Crippen LogP contribution in [0.2, 0.25) is 0 Å². The van der Waals surface area contributed by atoms with Crippen LogP contribution in [-0.2, 0) is 16.1 Å². The van der Waals surface area contributed by atoms with Gasteiger partial charge in [-0.25, -0.2) is 0 Å². The van der Waals surface area contributed by atoms with Crippen LogP contribution >= 0.6 is 22.6 Å². The average molecular weight is 391 g/mol. The third-order valence-corrected chi connectivity index (χ3v) is 4.65. The number of nitrogens with one attached hydrogen (secondary N) is 1. The molecule has 1 heterocycles. The van der Waals surface area contributed by atoms with Gasteiger partial charge >= 0.3 is 5.97 Å². The minimum absolute atomic E-state index is 0.155. The number of alkyl halides is 1. The van der Waals surface area contributed by atoms with Crippen molar-refractivity contribution in [2.45, 2.75) is 48.6 Å². The molecule has 20 heavy (non-hydrogen) atoms. The number of carbonyl (C=O) groups is 1. The normalized spacial score (nSPS) is 17.9. The largest absolute Gasteiger partial charge is 0.468 e. The Balaban J connectivity index is 1.76. The minimum Gasteiger partial charge on any atom is -0.468 e. The molecule has 0 spiro atoms. The van der Waals surface area contributed by atoms with Crippen molar-refractivity contribution in [3.05, 3.63) is 18.0 Å². The molecule has 6 heteroatoms. The Morgan fingerprint density at radius 3 is 3.00 bits per heavy atom. The summed E-state index contributed by atoms with van der Waals surface area (Å²) >= 11 is 2.09. The van der Waals surface area contributed by atoms with E-state index in [0.717, 1.165) is 5.69 Å². The van der Waals surface area contributed by atoms with Gasteiger partial charge in [0, 0.05) is 19.3 Å². The van der Waals surface area contributed by atoms with E-state index in [1.165, 1.54) is 39.2 Å². The van der Waals surface area contributed by atoms with Crippen LogP contribution in [0.3, 0.4) is 0 Å². The van der Waals surface area contributed by atoms with Crippen molar-refractivity contribution < 1.29 is 9.53 Å². The SMILES string of the molecule is COC(=O)C(I)CNCc1ccn(C2CCCCC2)n1. The summed E-state index contributed by atoms with van der Waals surface area (Å²) in [6, 6.07) is 2.63. The first-order valence-corrected chi connectivity index (χ1v) is 8.42. The van der Waals surface area contributed by atoms with E-state index in [4.69, 9.17) is 4.74 Å². The Bertz CT molecular complexity index is 430. The van der Waals surface area contributed by atoms with E-state index in [1.54, 1.807) is 0 Å². The lowest BCUT2D eigenvalue weighted by molar-refractivity contribution is -0.139. The molecule has 1 unspecified atom stereocenters. The molecule has 0 saturated heterocycles.